The van der Waals surface area contributed by atoms with Crippen LogP contribution in [0.25, 0.3) is 0 Å². The highest BCUT2D eigenvalue weighted by Crippen LogP contribution is 2.51. The van der Waals surface area contributed by atoms with Gasteiger partial charge in [-0.05, 0) is 32.6 Å². The Morgan fingerprint density at radius 2 is 1.81 bits per heavy atom. The van der Waals surface area contributed by atoms with Gasteiger partial charge in [0.25, 0.3) is 0 Å². The molecule has 1 aromatic rings. The fourth-order valence-electron chi connectivity index (χ4n) is 4.48. The smallest absolute Gasteiger partial charge is 0.339 e. The molecule has 0 spiro atoms. The van der Waals surface area contributed by atoms with E-state index in [9.17, 15) is 19.8 Å². The lowest BCUT2D eigenvalue weighted by Gasteiger charge is -2.32. The largest absolute Gasteiger partial charge is 0.459 e. The minimum absolute atomic E-state index is 0.189. The van der Waals surface area contributed by atoms with Gasteiger partial charge in [-0.1, -0.05) is 37.1 Å². The van der Waals surface area contributed by atoms with Crippen molar-refractivity contribution in [2.75, 3.05) is 0 Å². The van der Waals surface area contributed by atoms with Crippen molar-refractivity contribution in [2.45, 2.75) is 62.9 Å². The van der Waals surface area contributed by atoms with Gasteiger partial charge in [0.05, 0.1) is 0 Å². The molecular weight excluding hydrogens is 334 g/mol. The van der Waals surface area contributed by atoms with E-state index in [1.807, 2.05) is 0 Å². The van der Waals surface area contributed by atoms with E-state index in [1.54, 1.807) is 25.1 Å². The van der Waals surface area contributed by atoms with Gasteiger partial charge in [-0.25, -0.2) is 4.79 Å². The summed E-state index contributed by atoms with van der Waals surface area (Å²) in [5.74, 6) is -1.42. The van der Waals surface area contributed by atoms with Crippen LogP contribution in [0.15, 0.2) is 35.5 Å². The van der Waals surface area contributed by atoms with Crippen LogP contribution >= 0.6 is 0 Å². The number of carbonyl (C=O) groups excluding carboxylic acids is 2. The number of hydrogen-bond acceptors (Lipinski definition) is 6. The molecule has 1 fully saturated rings. The van der Waals surface area contributed by atoms with Crippen molar-refractivity contribution in [2.24, 2.45) is 0 Å². The molecule has 3 aliphatic rings. The first kappa shape index (κ1) is 17.2. The second kappa shape index (κ2) is 5.93. The topological polar surface area (TPSA) is 95.9 Å². The quantitative estimate of drug-likeness (QED) is 0.553. The third kappa shape index (κ3) is 2.18. The molecule has 6 heteroatoms. The first-order chi connectivity index (χ1) is 12.4. The average Bonchev–Trinajstić information content (AvgIpc) is 2.83. The minimum Gasteiger partial charge on any atom is -0.459 e. The fourth-order valence-corrected chi connectivity index (χ4v) is 4.48. The number of aliphatic hydroxyl groups is 2. The van der Waals surface area contributed by atoms with Crippen LogP contribution in [0.2, 0.25) is 0 Å². The Morgan fingerprint density at radius 1 is 1.15 bits per heavy atom. The maximum atomic E-state index is 12.9. The number of rotatable bonds is 2. The highest BCUT2D eigenvalue weighted by Gasteiger charge is 2.70. The summed E-state index contributed by atoms with van der Waals surface area (Å²) in [4.78, 5) is 25.8. The van der Waals surface area contributed by atoms with E-state index in [-0.39, 0.29) is 28.5 Å². The van der Waals surface area contributed by atoms with Crippen molar-refractivity contribution in [1.82, 2.24) is 5.32 Å². The molecule has 0 bridgehead atoms. The predicted molar refractivity (Wildman–Crippen MR) is 93.0 cm³/mol. The minimum atomic E-state index is -2.37. The highest BCUT2D eigenvalue weighted by atomic mass is 16.5. The molecule has 6 nitrogen and oxygen atoms in total. The molecule has 138 valence electrons. The van der Waals surface area contributed by atoms with Crippen LogP contribution in [0.3, 0.4) is 0 Å². The van der Waals surface area contributed by atoms with E-state index in [0.717, 1.165) is 38.5 Å². The summed E-state index contributed by atoms with van der Waals surface area (Å²) in [5.41, 5.74) is -3.88. The zero-order valence-corrected chi connectivity index (χ0v) is 14.7. The number of hydrogen-bond donors (Lipinski definition) is 3. The van der Waals surface area contributed by atoms with Gasteiger partial charge < -0.3 is 20.3 Å². The predicted octanol–water partition coefficient (Wildman–Crippen LogP) is 1.90. The summed E-state index contributed by atoms with van der Waals surface area (Å²) < 4.78 is 5.63. The van der Waals surface area contributed by atoms with Crippen molar-refractivity contribution in [3.05, 3.63) is 46.7 Å². The number of carbonyl (C=O) groups is 2. The second-order valence-corrected chi connectivity index (χ2v) is 7.44. The molecule has 1 heterocycles. The van der Waals surface area contributed by atoms with Crippen LogP contribution in [0.4, 0.5) is 0 Å². The van der Waals surface area contributed by atoms with Crippen LogP contribution in [0, 0.1) is 0 Å². The lowest BCUT2D eigenvalue weighted by molar-refractivity contribution is -0.152. The molecule has 3 N–H and O–H groups in total. The zero-order valence-electron chi connectivity index (χ0n) is 14.7. The van der Waals surface area contributed by atoms with E-state index >= 15 is 0 Å². The van der Waals surface area contributed by atoms with Gasteiger partial charge >= 0.3 is 5.97 Å². The van der Waals surface area contributed by atoms with Gasteiger partial charge in [0.15, 0.2) is 0 Å². The van der Waals surface area contributed by atoms with Crippen LogP contribution in [0.1, 0.15) is 61.4 Å². The van der Waals surface area contributed by atoms with Crippen LogP contribution in [0.5, 0.6) is 0 Å². The van der Waals surface area contributed by atoms with E-state index in [1.165, 1.54) is 6.07 Å². The first-order valence-electron chi connectivity index (χ1n) is 9.19. The van der Waals surface area contributed by atoms with Crippen LogP contribution in [-0.2, 0) is 15.3 Å². The summed E-state index contributed by atoms with van der Waals surface area (Å²) in [7, 11) is 0. The molecule has 0 radical (unpaired) electrons. The molecular formula is C20H23NO5. The number of benzene rings is 1. The van der Waals surface area contributed by atoms with Crippen molar-refractivity contribution in [1.29, 1.82) is 0 Å². The Balaban J connectivity index is 1.68. The summed E-state index contributed by atoms with van der Waals surface area (Å²) in [6, 6.07) is 6.45. The monoisotopic (exact) mass is 357 g/mol. The standard InChI is InChI=1S/C20H23NO5/c1-12-16(18(23)26-13-8-4-2-3-5-9-13)19(24)17(22)14-10-6-7-11-15(14)20(19,25)21-12/h6-7,10-11,13,21,24-25H,2-5,8-9H2,1H3/t19-,20+/m0/s1. The summed E-state index contributed by atoms with van der Waals surface area (Å²) in [6.07, 6.45) is 5.56. The van der Waals surface area contributed by atoms with Crippen LogP contribution in [-0.4, -0.2) is 33.7 Å². The maximum Gasteiger partial charge on any atom is 0.339 e. The number of allylic oxidation sites excluding steroid dienone is 1. The summed E-state index contributed by atoms with van der Waals surface area (Å²) >= 11 is 0. The third-order valence-electron chi connectivity index (χ3n) is 5.80. The molecule has 1 saturated carbocycles. The average molecular weight is 357 g/mol. The fraction of sp³-hybridized carbons (Fsp3) is 0.500. The molecule has 2 atom stereocenters. The summed E-state index contributed by atoms with van der Waals surface area (Å²) in [6.45, 7) is 1.56. The number of nitrogens with one attached hydrogen (secondary N) is 1. The molecule has 0 saturated heterocycles. The van der Waals surface area contributed by atoms with Crippen molar-refractivity contribution >= 4 is 11.8 Å². The first-order valence-corrected chi connectivity index (χ1v) is 9.19. The summed E-state index contributed by atoms with van der Waals surface area (Å²) in [5, 5.41) is 25.1. The molecule has 0 amide bonds. The number of fused-ring (bicyclic) bond motifs is 3. The highest BCUT2D eigenvalue weighted by molar-refractivity contribution is 6.16. The lowest BCUT2D eigenvalue weighted by atomic mass is 9.85. The van der Waals surface area contributed by atoms with E-state index in [4.69, 9.17) is 4.74 Å². The number of ether oxygens (including phenoxy) is 1. The Hall–Kier alpha value is -2.18. The maximum absolute atomic E-state index is 12.9. The Morgan fingerprint density at radius 3 is 2.50 bits per heavy atom. The molecule has 1 aromatic carbocycles. The molecule has 2 aliphatic carbocycles. The van der Waals surface area contributed by atoms with Crippen molar-refractivity contribution < 1.29 is 24.5 Å². The van der Waals surface area contributed by atoms with E-state index < -0.39 is 23.1 Å². The Labute approximate surface area is 151 Å². The van der Waals surface area contributed by atoms with Gasteiger partial charge in [0, 0.05) is 16.8 Å². The van der Waals surface area contributed by atoms with Gasteiger partial charge in [-0.15, -0.1) is 0 Å². The van der Waals surface area contributed by atoms with E-state index in [2.05, 4.69) is 5.32 Å². The van der Waals surface area contributed by atoms with E-state index in [0.29, 0.717) is 0 Å². The Bertz CT molecular complexity index is 808. The Kier molecular flexibility index (Phi) is 3.93. The van der Waals surface area contributed by atoms with Gasteiger partial charge in [0.1, 0.15) is 11.7 Å². The molecule has 4 rings (SSSR count). The number of Topliss-reactive ketones (excluding diaryl/α,β-unsaturated/α-hetero) is 1. The normalized spacial score (nSPS) is 31.3. The second-order valence-electron chi connectivity index (χ2n) is 7.44. The molecule has 1 aliphatic heterocycles. The molecule has 0 unspecified atom stereocenters. The van der Waals surface area contributed by atoms with Crippen LogP contribution < -0.4 is 5.32 Å². The van der Waals surface area contributed by atoms with Crippen molar-refractivity contribution in [3.63, 3.8) is 0 Å². The zero-order chi connectivity index (χ0) is 18.5. The number of ketones is 1. The van der Waals surface area contributed by atoms with Gasteiger partial charge in [-0.3, -0.25) is 4.79 Å². The number of esters is 1. The van der Waals surface area contributed by atoms with Gasteiger partial charge in [0.2, 0.25) is 17.1 Å². The molecule has 0 aromatic heterocycles. The van der Waals surface area contributed by atoms with Gasteiger partial charge in [-0.2, -0.15) is 0 Å². The third-order valence-corrected chi connectivity index (χ3v) is 5.80. The molecule has 26 heavy (non-hydrogen) atoms. The SMILES string of the molecule is CC1=C(C(=O)OC2CCCCCC2)[C@]2(O)C(=O)c3ccccc3[C@]2(O)N1. The lowest BCUT2D eigenvalue weighted by Crippen LogP contribution is -2.56. The van der Waals surface area contributed by atoms with Crippen molar-refractivity contribution in [3.8, 4) is 0 Å².